The van der Waals surface area contributed by atoms with Gasteiger partial charge >= 0.3 is 0 Å². The molecular weight excluding hydrogens is 421 g/mol. The van der Waals surface area contributed by atoms with Crippen molar-refractivity contribution in [1.29, 1.82) is 0 Å². The maximum absolute atomic E-state index is 6.55. The van der Waals surface area contributed by atoms with E-state index in [9.17, 15) is 0 Å². The fourth-order valence-electron chi connectivity index (χ4n) is 2.98. The Morgan fingerprint density at radius 3 is 2.03 bits per heavy atom. The third kappa shape index (κ3) is 4.73. The fraction of sp³-hybridized carbons (Fsp3) is 0.391. The number of aryl methyl sites for hydroxylation is 1. The predicted octanol–water partition coefficient (Wildman–Crippen LogP) is 6.41. The van der Waals surface area contributed by atoms with Crippen LogP contribution in [-0.4, -0.2) is 38.3 Å². The number of halogens is 2. The first-order valence-corrected chi connectivity index (χ1v) is 10.6. The summed E-state index contributed by atoms with van der Waals surface area (Å²) in [5, 5.41) is 2.72. The topological polar surface area (TPSA) is 47.5 Å². The van der Waals surface area contributed by atoms with Gasteiger partial charge in [0.1, 0.15) is 17.3 Å². The monoisotopic (exact) mass is 447 g/mol. The molecule has 1 aliphatic carbocycles. The van der Waals surface area contributed by atoms with Crippen molar-refractivity contribution in [3.63, 3.8) is 0 Å². The van der Waals surface area contributed by atoms with Crippen molar-refractivity contribution in [3.05, 3.63) is 40.1 Å². The van der Waals surface area contributed by atoms with E-state index in [0.29, 0.717) is 32.8 Å². The summed E-state index contributed by atoms with van der Waals surface area (Å²) in [5.41, 5.74) is 2.11. The van der Waals surface area contributed by atoms with Gasteiger partial charge in [-0.2, -0.15) is 0 Å². The fourth-order valence-corrected chi connectivity index (χ4v) is 3.67. The Kier molecular flexibility index (Phi) is 6.94. The van der Waals surface area contributed by atoms with E-state index < -0.39 is 0 Å². The summed E-state index contributed by atoms with van der Waals surface area (Å²) in [5.74, 6) is 2.83. The standard InChI is InChI=1S/C19H19Cl2N3O2.C4H8/c1-10-6-12-11(9-22-10)7-13(23-19(12)24(2)3)16-17(20)14(25-4)8-15(26-5)18(16)21;1-4-2-3-4/h6-9H,1-5H3;4H,2-3H2,1H3. The van der Waals surface area contributed by atoms with Crippen molar-refractivity contribution >= 4 is 39.8 Å². The van der Waals surface area contributed by atoms with Crippen LogP contribution >= 0.6 is 23.2 Å². The van der Waals surface area contributed by atoms with Gasteiger partial charge in [0.05, 0.1) is 30.0 Å². The highest BCUT2D eigenvalue weighted by atomic mass is 35.5. The summed E-state index contributed by atoms with van der Waals surface area (Å²) in [4.78, 5) is 11.1. The number of hydrogen-bond acceptors (Lipinski definition) is 5. The summed E-state index contributed by atoms with van der Waals surface area (Å²) in [6.07, 6.45) is 4.79. The van der Waals surface area contributed by atoms with Gasteiger partial charge in [-0.05, 0) is 25.0 Å². The lowest BCUT2D eigenvalue weighted by Crippen LogP contribution is -2.12. The Morgan fingerprint density at radius 1 is 1.00 bits per heavy atom. The largest absolute Gasteiger partial charge is 0.495 e. The van der Waals surface area contributed by atoms with E-state index in [1.54, 1.807) is 20.3 Å². The number of methoxy groups -OCH3 is 2. The summed E-state index contributed by atoms with van der Waals surface area (Å²) in [6.45, 7) is 4.23. The highest BCUT2D eigenvalue weighted by Crippen LogP contribution is 2.46. The molecule has 5 nitrogen and oxygen atoms in total. The Bertz CT molecular complexity index is 1040. The first-order chi connectivity index (χ1) is 14.3. The maximum atomic E-state index is 6.55. The van der Waals surface area contributed by atoms with Gasteiger partial charge in [-0.25, -0.2) is 4.98 Å². The Balaban J connectivity index is 0.000000572. The van der Waals surface area contributed by atoms with Crippen LogP contribution in [-0.2, 0) is 0 Å². The lowest BCUT2D eigenvalue weighted by atomic mass is 10.1. The van der Waals surface area contributed by atoms with E-state index in [0.717, 1.165) is 28.2 Å². The van der Waals surface area contributed by atoms with Crippen molar-refractivity contribution < 1.29 is 9.47 Å². The Morgan fingerprint density at radius 2 is 1.57 bits per heavy atom. The van der Waals surface area contributed by atoms with Crippen LogP contribution in [0.1, 0.15) is 25.5 Å². The average Bonchev–Trinajstić information content (AvgIpc) is 3.50. The van der Waals surface area contributed by atoms with Crippen molar-refractivity contribution in [2.75, 3.05) is 33.2 Å². The molecular formula is C23H27Cl2N3O2. The number of ether oxygens (including phenoxy) is 2. The van der Waals surface area contributed by atoms with Crippen LogP contribution in [0.25, 0.3) is 22.0 Å². The van der Waals surface area contributed by atoms with Crippen LogP contribution in [0.5, 0.6) is 11.5 Å². The molecule has 1 aromatic carbocycles. The molecule has 0 radical (unpaired) electrons. The highest BCUT2D eigenvalue weighted by molar-refractivity contribution is 6.41. The molecule has 2 aromatic heterocycles. The third-order valence-corrected chi connectivity index (χ3v) is 5.70. The molecule has 160 valence electrons. The van der Waals surface area contributed by atoms with Gasteiger partial charge < -0.3 is 14.4 Å². The maximum Gasteiger partial charge on any atom is 0.141 e. The number of hydrogen-bond donors (Lipinski definition) is 0. The first kappa shape index (κ1) is 22.4. The molecule has 0 spiro atoms. The Labute approximate surface area is 187 Å². The molecule has 0 saturated heterocycles. The van der Waals surface area contributed by atoms with Crippen LogP contribution < -0.4 is 14.4 Å². The van der Waals surface area contributed by atoms with E-state index in [2.05, 4.69) is 11.9 Å². The van der Waals surface area contributed by atoms with Crippen molar-refractivity contribution in [2.45, 2.75) is 26.7 Å². The molecule has 4 rings (SSSR count). The molecule has 0 bridgehead atoms. The minimum Gasteiger partial charge on any atom is -0.495 e. The van der Waals surface area contributed by atoms with Gasteiger partial charge in [-0.15, -0.1) is 0 Å². The van der Waals surface area contributed by atoms with Crippen LogP contribution in [0.2, 0.25) is 10.0 Å². The lowest BCUT2D eigenvalue weighted by Gasteiger charge is -2.19. The summed E-state index contributed by atoms with van der Waals surface area (Å²) >= 11 is 13.1. The van der Waals surface area contributed by atoms with Gasteiger partial charge in [-0.1, -0.05) is 43.0 Å². The van der Waals surface area contributed by atoms with E-state index >= 15 is 0 Å². The minimum atomic E-state index is 0.384. The second kappa shape index (κ2) is 9.27. The van der Waals surface area contributed by atoms with Crippen molar-refractivity contribution in [2.24, 2.45) is 5.92 Å². The lowest BCUT2D eigenvalue weighted by molar-refractivity contribution is 0.395. The van der Waals surface area contributed by atoms with E-state index in [-0.39, 0.29) is 0 Å². The van der Waals surface area contributed by atoms with Gasteiger partial charge in [-0.3, -0.25) is 4.98 Å². The van der Waals surface area contributed by atoms with Gasteiger partial charge in [0, 0.05) is 48.4 Å². The smallest absolute Gasteiger partial charge is 0.141 e. The average molecular weight is 448 g/mol. The summed E-state index contributed by atoms with van der Waals surface area (Å²) < 4.78 is 10.7. The minimum absolute atomic E-state index is 0.384. The molecule has 1 fully saturated rings. The second-order valence-corrected chi connectivity index (χ2v) is 8.49. The molecule has 7 heteroatoms. The number of fused-ring (bicyclic) bond motifs is 1. The zero-order chi connectivity index (χ0) is 22.0. The molecule has 0 N–H and O–H groups in total. The molecule has 0 aliphatic heterocycles. The van der Waals surface area contributed by atoms with Crippen molar-refractivity contribution in [1.82, 2.24) is 9.97 Å². The summed E-state index contributed by atoms with van der Waals surface area (Å²) in [6, 6.07) is 5.59. The number of nitrogens with zero attached hydrogens (tertiary/aromatic N) is 3. The number of anilines is 1. The number of aromatic nitrogens is 2. The zero-order valence-corrected chi connectivity index (χ0v) is 19.7. The van der Waals surface area contributed by atoms with Crippen LogP contribution in [0, 0.1) is 12.8 Å². The first-order valence-electron chi connectivity index (χ1n) is 9.81. The quantitative estimate of drug-likeness (QED) is 0.462. The molecule has 1 aliphatic rings. The van der Waals surface area contributed by atoms with Crippen molar-refractivity contribution in [3.8, 4) is 22.8 Å². The molecule has 3 aromatic rings. The number of rotatable bonds is 4. The zero-order valence-electron chi connectivity index (χ0n) is 18.2. The normalized spacial score (nSPS) is 12.9. The number of pyridine rings is 2. The van der Waals surface area contributed by atoms with E-state index in [4.69, 9.17) is 37.7 Å². The van der Waals surface area contributed by atoms with Crippen LogP contribution in [0.4, 0.5) is 5.82 Å². The molecule has 30 heavy (non-hydrogen) atoms. The van der Waals surface area contributed by atoms with E-state index in [1.807, 2.05) is 44.2 Å². The van der Waals surface area contributed by atoms with Crippen LogP contribution in [0.3, 0.4) is 0 Å². The molecule has 2 heterocycles. The predicted molar refractivity (Wildman–Crippen MR) is 126 cm³/mol. The second-order valence-electron chi connectivity index (χ2n) is 7.74. The summed E-state index contributed by atoms with van der Waals surface area (Å²) in [7, 11) is 6.97. The van der Waals surface area contributed by atoms with E-state index in [1.165, 1.54) is 12.8 Å². The third-order valence-electron chi connectivity index (χ3n) is 4.95. The SMILES string of the molecule is CC1CC1.COc1cc(OC)c(Cl)c(-c2cc3cnc(C)cc3c(N(C)C)n2)c1Cl. The molecule has 0 amide bonds. The Hall–Kier alpha value is -2.24. The van der Waals surface area contributed by atoms with Gasteiger partial charge in [0.15, 0.2) is 0 Å². The van der Waals surface area contributed by atoms with Gasteiger partial charge in [0.25, 0.3) is 0 Å². The molecule has 1 saturated carbocycles. The molecule has 0 atom stereocenters. The molecule has 0 unspecified atom stereocenters. The highest BCUT2D eigenvalue weighted by Gasteiger charge is 2.21. The number of benzene rings is 1. The van der Waals surface area contributed by atoms with Gasteiger partial charge in [0.2, 0.25) is 0 Å². The van der Waals surface area contributed by atoms with Crippen LogP contribution in [0.15, 0.2) is 24.4 Å².